The van der Waals surface area contributed by atoms with Crippen LogP contribution in [0.1, 0.15) is 18.2 Å². The highest BCUT2D eigenvalue weighted by atomic mass is 35.5. The van der Waals surface area contributed by atoms with E-state index in [2.05, 4.69) is 21.2 Å². The van der Waals surface area contributed by atoms with E-state index in [4.69, 9.17) is 22.8 Å². The minimum atomic E-state index is 0.285. The normalized spacial score (nSPS) is 10.0. The molecule has 1 N–H and O–H groups in total. The molecule has 1 aromatic carbocycles. The van der Waals surface area contributed by atoms with Gasteiger partial charge in [0.25, 0.3) is 0 Å². The van der Waals surface area contributed by atoms with Crippen LogP contribution in [0.4, 0.5) is 5.82 Å². The number of benzene rings is 1. The van der Waals surface area contributed by atoms with Gasteiger partial charge in [-0.3, -0.25) is 0 Å². The van der Waals surface area contributed by atoms with Gasteiger partial charge >= 0.3 is 0 Å². The average Bonchev–Trinajstić information content (AvgIpc) is 2.55. The lowest BCUT2D eigenvalue weighted by Gasteiger charge is -2.09. The fourth-order valence-electron chi connectivity index (χ4n) is 1.98. The van der Waals surface area contributed by atoms with Crippen LogP contribution in [0.2, 0.25) is 5.02 Å². The summed E-state index contributed by atoms with van der Waals surface area (Å²) in [5, 5.41) is 3.84. The third kappa shape index (κ3) is 4.37. The topological polar surface area (TPSA) is 47.0 Å². The number of rotatable bonds is 7. The summed E-state index contributed by atoms with van der Waals surface area (Å²) < 4.78 is 5.34. The average molecular weight is 316 g/mol. The maximum absolute atomic E-state index is 6.24. The summed E-state index contributed by atoms with van der Waals surface area (Å²) in [4.78, 5) is 8.32. The van der Waals surface area contributed by atoms with Crippen molar-refractivity contribution in [3.63, 3.8) is 0 Å². The summed E-state index contributed by atoms with van der Waals surface area (Å²) in [6.45, 7) is 3.04. The highest BCUT2D eigenvalue weighted by molar-refractivity contribution is 6.33. The molecule has 5 heteroatoms. The molecule has 0 bridgehead atoms. The first-order chi connectivity index (χ1) is 10.7. The van der Waals surface area contributed by atoms with Crippen molar-refractivity contribution in [2.45, 2.75) is 19.8 Å². The highest BCUT2D eigenvalue weighted by Gasteiger charge is 2.06. The third-order valence-corrected chi connectivity index (χ3v) is 3.55. The Hall–Kier alpha value is -2.25. The number of terminal acetylenes is 1. The van der Waals surface area contributed by atoms with Crippen LogP contribution in [-0.2, 0) is 12.8 Å². The van der Waals surface area contributed by atoms with Gasteiger partial charge in [-0.05, 0) is 30.5 Å². The summed E-state index contributed by atoms with van der Waals surface area (Å²) in [7, 11) is 0. The largest absolute Gasteiger partial charge is 0.481 e. The molecule has 0 radical (unpaired) electrons. The number of hydrogen-bond acceptors (Lipinski definition) is 4. The molecule has 2 rings (SSSR count). The van der Waals surface area contributed by atoms with Crippen molar-refractivity contribution in [2.75, 3.05) is 18.5 Å². The zero-order valence-electron chi connectivity index (χ0n) is 12.5. The maximum Gasteiger partial charge on any atom is 0.148 e. The zero-order chi connectivity index (χ0) is 15.8. The lowest BCUT2D eigenvalue weighted by Crippen LogP contribution is -2.08. The smallest absolute Gasteiger partial charge is 0.148 e. The summed E-state index contributed by atoms with van der Waals surface area (Å²) in [6, 6.07) is 7.87. The van der Waals surface area contributed by atoms with E-state index in [0.717, 1.165) is 30.8 Å². The SMILES string of the molecule is C#CCOc1ccc(CCNc2ncnc(CC)c2Cl)cc1. The van der Waals surface area contributed by atoms with Gasteiger partial charge in [0, 0.05) is 6.54 Å². The number of nitrogens with zero attached hydrogens (tertiary/aromatic N) is 2. The Morgan fingerprint density at radius 1 is 1.27 bits per heavy atom. The molecule has 0 fully saturated rings. The first-order valence-corrected chi connectivity index (χ1v) is 7.50. The number of ether oxygens (including phenoxy) is 1. The first-order valence-electron chi connectivity index (χ1n) is 7.13. The monoisotopic (exact) mass is 315 g/mol. The Labute approximate surface area is 135 Å². The van der Waals surface area contributed by atoms with Crippen LogP contribution in [0.15, 0.2) is 30.6 Å². The molecule has 114 valence electrons. The second kappa shape index (κ2) is 8.26. The van der Waals surface area contributed by atoms with Crippen molar-refractivity contribution in [1.29, 1.82) is 0 Å². The van der Waals surface area contributed by atoms with Crippen molar-refractivity contribution in [3.05, 3.63) is 46.9 Å². The molecule has 1 heterocycles. The quantitative estimate of drug-likeness (QED) is 0.796. The van der Waals surface area contributed by atoms with Gasteiger partial charge in [0.05, 0.1) is 5.69 Å². The van der Waals surface area contributed by atoms with Crippen LogP contribution >= 0.6 is 11.6 Å². The van der Waals surface area contributed by atoms with Gasteiger partial charge in [0.15, 0.2) is 0 Å². The van der Waals surface area contributed by atoms with E-state index in [1.54, 1.807) is 0 Å². The number of hydrogen-bond donors (Lipinski definition) is 1. The van der Waals surface area contributed by atoms with Crippen molar-refractivity contribution in [3.8, 4) is 18.1 Å². The fourth-order valence-corrected chi connectivity index (χ4v) is 2.28. The van der Waals surface area contributed by atoms with Crippen LogP contribution in [0, 0.1) is 12.3 Å². The Bertz CT molecular complexity index is 650. The van der Waals surface area contributed by atoms with Crippen LogP contribution in [0.5, 0.6) is 5.75 Å². The van der Waals surface area contributed by atoms with E-state index >= 15 is 0 Å². The van der Waals surface area contributed by atoms with Gasteiger partial charge in [0.2, 0.25) is 0 Å². The minimum absolute atomic E-state index is 0.285. The van der Waals surface area contributed by atoms with E-state index in [-0.39, 0.29) is 6.61 Å². The van der Waals surface area contributed by atoms with Gasteiger partial charge < -0.3 is 10.1 Å². The van der Waals surface area contributed by atoms with Gasteiger partial charge in [-0.25, -0.2) is 9.97 Å². The van der Waals surface area contributed by atoms with E-state index in [9.17, 15) is 0 Å². The van der Waals surface area contributed by atoms with Crippen LogP contribution in [0.3, 0.4) is 0 Å². The van der Waals surface area contributed by atoms with E-state index < -0.39 is 0 Å². The van der Waals surface area contributed by atoms with Gasteiger partial charge in [-0.15, -0.1) is 6.42 Å². The standard InChI is InChI=1S/C17H18ClN3O/c1-3-11-22-14-7-5-13(6-8-14)9-10-19-17-16(18)15(4-2)20-12-21-17/h1,5-8,12H,4,9-11H2,2H3,(H,19,20,21). The lowest BCUT2D eigenvalue weighted by molar-refractivity contribution is 0.370. The molecule has 1 aromatic heterocycles. The molecule has 0 amide bonds. The number of halogens is 1. The molecule has 0 aliphatic rings. The first kappa shape index (κ1) is 16.1. The van der Waals surface area contributed by atoms with E-state index in [1.807, 2.05) is 31.2 Å². The molecule has 4 nitrogen and oxygen atoms in total. The molecule has 0 saturated heterocycles. The van der Waals surface area contributed by atoms with E-state index in [1.165, 1.54) is 11.9 Å². The molecular weight excluding hydrogens is 298 g/mol. The summed E-state index contributed by atoms with van der Waals surface area (Å²) in [6.07, 6.45) is 8.33. The number of nitrogens with one attached hydrogen (secondary N) is 1. The Morgan fingerprint density at radius 2 is 2.05 bits per heavy atom. The summed E-state index contributed by atoms with van der Waals surface area (Å²) in [5.41, 5.74) is 2.05. The third-order valence-electron chi connectivity index (χ3n) is 3.15. The predicted molar refractivity (Wildman–Crippen MR) is 89.4 cm³/mol. The molecule has 0 saturated carbocycles. The number of aryl methyl sites for hydroxylation is 1. The molecule has 0 aliphatic carbocycles. The molecule has 0 aliphatic heterocycles. The second-order valence-corrected chi connectivity index (χ2v) is 5.03. The molecule has 0 unspecified atom stereocenters. The highest BCUT2D eigenvalue weighted by Crippen LogP contribution is 2.22. The van der Waals surface area contributed by atoms with Gasteiger partial charge in [-0.1, -0.05) is 36.6 Å². The number of anilines is 1. The minimum Gasteiger partial charge on any atom is -0.481 e. The Balaban J connectivity index is 1.87. The molecule has 2 aromatic rings. The Morgan fingerprint density at radius 3 is 2.73 bits per heavy atom. The summed E-state index contributed by atoms with van der Waals surface area (Å²) in [5.74, 6) is 3.90. The van der Waals surface area contributed by atoms with Crippen molar-refractivity contribution < 1.29 is 4.74 Å². The molecule has 22 heavy (non-hydrogen) atoms. The zero-order valence-corrected chi connectivity index (χ0v) is 13.2. The fraction of sp³-hybridized carbons (Fsp3) is 0.294. The molecular formula is C17H18ClN3O. The maximum atomic E-state index is 6.24. The predicted octanol–water partition coefficient (Wildman–Crippen LogP) is 3.36. The van der Waals surface area contributed by atoms with Crippen LogP contribution in [-0.4, -0.2) is 23.1 Å². The number of aromatic nitrogens is 2. The Kier molecular flexibility index (Phi) is 6.05. The molecule has 0 spiro atoms. The van der Waals surface area contributed by atoms with Crippen LogP contribution < -0.4 is 10.1 Å². The van der Waals surface area contributed by atoms with Crippen molar-refractivity contribution in [1.82, 2.24) is 9.97 Å². The van der Waals surface area contributed by atoms with Gasteiger partial charge in [-0.2, -0.15) is 0 Å². The van der Waals surface area contributed by atoms with Crippen molar-refractivity contribution >= 4 is 17.4 Å². The van der Waals surface area contributed by atoms with Gasteiger partial charge in [0.1, 0.15) is 29.5 Å². The molecule has 0 atom stereocenters. The van der Waals surface area contributed by atoms with Crippen molar-refractivity contribution in [2.24, 2.45) is 0 Å². The second-order valence-electron chi connectivity index (χ2n) is 4.65. The summed E-state index contributed by atoms with van der Waals surface area (Å²) >= 11 is 6.24. The van der Waals surface area contributed by atoms with E-state index in [0.29, 0.717) is 10.8 Å². The lowest BCUT2D eigenvalue weighted by atomic mass is 10.1. The van der Waals surface area contributed by atoms with Crippen LogP contribution in [0.25, 0.3) is 0 Å².